The number of unbranched alkanes of at least 4 members (excludes halogenated alkanes) is 68. The van der Waals surface area contributed by atoms with Crippen molar-refractivity contribution < 1.29 is 0 Å². The van der Waals surface area contributed by atoms with Crippen molar-refractivity contribution in [3.63, 3.8) is 0 Å². The molecule has 490 valence electrons. The average molecular weight is 1160 g/mol. The molecule has 0 saturated heterocycles. The molecule has 0 aliphatic rings. The molecule has 0 saturated carbocycles. The van der Waals surface area contributed by atoms with Gasteiger partial charge < -0.3 is 0 Å². The minimum Gasteiger partial charge on any atom is -0.0654 e. The molecule has 0 bridgehead atoms. The average Bonchev–Trinajstić information content (AvgIpc) is 3.47. The Morgan fingerprint density at radius 2 is 0.173 bits per heavy atom. The Balaban J connectivity index is 4.98. The van der Waals surface area contributed by atoms with Crippen LogP contribution in [-0.2, 0) is 0 Å². The zero-order chi connectivity index (χ0) is 58.2. The molecule has 0 amide bonds. The Labute approximate surface area is 519 Å². The third-order valence-corrected chi connectivity index (χ3v) is 25.9. The van der Waals surface area contributed by atoms with E-state index in [1.165, 1.54) is 411 Å². The number of hydrogen-bond donors (Lipinski definition) is 0. The second kappa shape index (κ2) is 74.7. The summed E-state index contributed by atoms with van der Waals surface area (Å²) < 4.78 is 0. The molecule has 0 fully saturated rings. The van der Waals surface area contributed by atoms with Gasteiger partial charge in [-0.3, -0.25) is 0 Å². The van der Waals surface area contributed by atoms with Crippen LogP contribution in [0.3, 0.4) is 0 Å². The van der Waals surface area contributed by atoms with Gasteiger partial charge in [0.25, 0.3) is 0 Å². The molecule has 0 aromatic carbocycles. The summed E-state index contributed by atoms with van der Waals surface area (Å²) in [5, 5.41) is 0. The van der Waals surface area contributed by atoms with Crippen molar-refractivity contribution in [3.8, 4) is 0 Å². The van der Waals surface area contributed by atoms with Crippen LogP contribution in [0.5, 0.6) is 0 Å². The standard InChI is InChI=1S/C80H165P/c1-5-9-13-17-21-25-29-33-37-41-45-49-53-57-61-65-69-73-77-81(78-74-70-66-62-58-54-50-46-42-38-34-30-26-22-18-14-10-6-2,79-75-71-67-63-59-55-51-47-43-39-35-31-27-23-19-15-11-7-3)80-76-72-68-64-60-56-52-48-44-40-36-32-28-24-20-16-12-8-4/h81H,5-80H2,1-4H3. The van der Waals surface area contributed by atoms with Gasteiger partial charge in [0, 0.05) is 0 Å². The molecule has 0 unspecified atom stereocenters. The van der Waals surface area contributed by atoms with Gasteiger partial charge >= 0.3 is 314 Å². The van der Waals surface area contributed by atoms with Crippen molar-refractivity contribution in [2.75, 3.05) is 24.6 Å². The van der Waals surface area contributed by atoms with Crippen LogP contribution in [0.4, 0.5) is 0 Å². The maximum absolute atomic E-state index is 2.33. The van der Waals surface area contributed by atoms with Crippen LogP contribution in [0.25, 0.3) is 0 Å². The van der Waals surface area contributed by atoms with Crippen molar-refractivity contribution in [2.24, 2.45) is 0 Å². The molecule has 0 aromatic heterocycles. The molecule has 0 N–H and O–H groups in total. The zero-order valence-corrected chi connectivity index (χ0v) is 59.2. The Bertz CT molecular complexity index is 883. The van der Waals surface area contributed by atoms with Crippen LogP contribution in [0, 0.1) is 0 Å². The predicted octanol–water partition coefficient (Wildman–Crippen LogP) is 30.9. The normalized spacial score (nSPS) is 12.2. The van der Waals surface area contributed by atoms with E-state index in [-0.39, 0.29) is 0 Å². The third kappa shape index (κ3) is 69.4. The smallest absolute Gasteiger partial charge is 0.0654 e. The van der Waals surface area contributed by atoms with Crippen LogP contribution >= 0.6 is 7.26 Å². The molecule has 0 aromatic rings. The number of hydrogen-bond acceptors (Lipinski definition) is 0. The van der Waals surface area contributed by atoms with Gasteiger partial charge in [0.2, 0.25) is 0 Å². The molecule has 0 radical (unpaired) electrons. The second-order valence-corrected chi connectivity index (χ2v) is 33.5. The van der Waals surface area contributed by atoms with Crippen molar-refractivity contribution in [2.45, 2.75) is 490 Å². The first-order valence-electron chi connectivity index (χ1n) is 40.2. The SMILES string of the molecule is CCCCCCCCCCCCCCCCCCCC[PH](CCCCCCCCCCCCCCCCCCCC)(CCCCCCCCCCCCCCCCCCCC)CCCCCCCCCCCCCCCCCCCC. The van der Waals surface area contributed by atoms with Crippen molar-refractivity contribution in [3.05, 3.63) is 0 Å². The number of rotatable bonds is 76. The van der Waals surface area contributed by atoms with Crippen LogP contribution in [-0.4, -0.2) is 24.6 Å². The van der Waals surface area contributed by atoms with Gasteiger partial charge in [-0.05, 0) is 0 Å². The first kappa shape index (κ1) is 81.4. The van der Waals surface area contributed by atoms with Crippen molar-refractivity contribution in [1.29, 1.82) is 0 Å². The molecular formula is C80H165P. The summed E-state index contributed by atoms with van der Waals surface area (Å²) in [6.45, 7) is 9.34. The summed E-state index contributed by atoms with van der Waals surface area (Å²) >= 11 is 0. The molecule has 0 spiro atoms. The zero-order valence-electron chi connectivity index (χ0n) is 58.2. The topological polar surface area (TPSA) is 0 Å². The van der Waals surface area contributed by atoms with E-state index in [2.05, 4.69) is 27.7 Å². The van der Waals surface area contributed by atoms with Crippen LogP contribution in [0.15, 0.2) is 0 Å². The molecule has 1 heteroatoms. The Kier molecular flexibility index (Phi) is 75.1. The molecule has 0 atom stereocenters. The predicted molar refractivity (Wildman–Crippen MR) is 383 cm³/mol. The first-order chi connectivity index (χ1) is 40.2. The van der Waals surface area contributed by atoms with E-state index in [1.807, 2.05) is 0 Å². The van der Waals surface area contributed by atoms with E-state index in [0.29, 0.717) is 0 Å². The van der Waals surface area contributed by atoms with Gasteiger partial charge in [0.15, 0.2) is 0 Å². The van der Waals surface area contributed by atoms with Crippen LogP contribution in [0.2, 0.25) is 0 Å². The van der Waals surface area contributed by atoms with Gasteiger partial charge in [-0.15, -0.1) is 0 Å². The summed E-state index contributed by atoms with van der Waals surface area (Å²) in [6, 6.07) is 0. The van der Waals surface area contributed by atoms with E-state index >= 15 is 0 Å². The molecule has 0 aliphatic heterocycles. The van der Waals surface area contributed by atoms with Gasteiger partial charge in [0.05, 0.1) is 0 Å². The summed E-state index contributed by atoms with van der Waals surface area (Å²) in [7, 11) is -1.24. The van der Waals surface area contributed by atoms with E-state index in [1.54, 1.807) is 76.0 Å². The fourth-order valence-electron chi connectivity index (χ4n) is 14.4. The molecule has 0 aliphatic carbocycles. The maximum atomic E-state index is 2.33. The first-order valence-corrected chi connectivity index (χ1v) is 43.1. The minimum atomic E-state index is -1.24. The van der Waals surface area contributed by atoms with Crippen molar-refractivity contribution >= 4 is 7.26 Å². The second-order valence-electron chi connectivity index (χ2n) is 28.5. The van der Waals surface area contributed by atoms with Gasteiger partial charge in [-0.2, -0.15) is 0 Å². The van der Waals surface area contributed by atoms with Gasteiger partial charge in [-0.25, -0.2) is 0 Å². The third-order valence-electron chi connectivity index (χ3n) is 20.2. The monoisotopic (exact) mass is 1160 g/mol. The molecule has 0 nitrogen and oxygen atoms in total. The quantitative estimate of drug-likeness (QED) is 0.0421. The fourth-order valence-corrected chi connectivity index (χ4v) is 19.9. The van der Waals surface area contributed by atoms with Crippen LogP contribution < -0.4 is 0 Å². The van der Waals surface area contributed by atoms with E-state index in [4.69, 9.17) is 0 Å². The molecule has 0 rings (SSSR count). The minimum absolute atomic E-state index is 1.24. The Morgan fingerprint density at radius 1 is 0.0988 bits per heavy atom. The summed E-state index contributed by atoms with van der Waals surface area (Å²) in [5.74, 6) is 0. The van der Waals surface area contributed by atoms with Gasteiger partial charge in [0.1, 0.15) is 0 Å². The van der Waals surface area contributed by atoms with E-state index < -0.39 is 7.26 Å². The van der Waals surface area contributed by atoms with Crippen molar-refractivity contribution in [1.82, 2.24) is 0 Å². The molecular weight excluding hydrogens is 992 g/mol. The van der Waals surface area contributed by atoms with Crippen LogP contribution in [0.1, 0.15) is 490 Å². The van der Waals surface area contributed by atoms with Gasteiger partial charge in [-0.1, -0.05) is 207 Å². The summed E-state index contributed by atoms with van der Waals surface area (Å²) in [6.07, 6.45) is 115. The van der Waals surface area contributed by atoms with E-state index in [0.717, 1.165) is 0 Å². The van der Waals surface area contributed by atoms with E-state index in [9.17, 15) is 0 Å². The fraction of sp³-hybridized carbons (Fsp3) is 1.00. The molecule has 81 heavy (non-hydrogen) atoms. The summed E-state index contributed by atoms with van der Waals surface area (Å²) in [4.78, 5) is 0. The summed E-state index contributed by atoms with van der Waals surface area (Å²) in [5.41, 5.74) is 0. The molecule has 0 heterocycles. The Morgan fingerprint density at radius 3 is 0.259 bits per heavy atom. The Hall–Kier alpha value is 0.430.